The van der Waals surface area contributed by atoms with Crippen LogP contribution in [0.2, 0.25) is 0 Å². The summed E-state index contributed by atoms with van der Waals surface area (Å²) in [4.78, 5) is 22.6. The minimum absolute atomic E-state index is 0.282. The van der Waals surface area contributed by atoms with Crippen molar-refractivity contribution in [1.82, 2.24) is 14.5 Å². The molecule has 1 saturated heterocycles. The third-order valence-corrected chi connectivity index (χ3v) is 5.10. The van der Waals surface area contributed by atoms with Crippen LogP contribution in [0.5, 0.6) is 0 Å². The van der Waals surface area contributed by atoms with Crippen LogP contribution in [0.25, 0.3) is 0 Å². The second kappa shape index (κ2) is 7.87. The van der Waals surface area contributed by atoms with E-state index in [0.29, 0.717) is 35.7 Å². The second-order valence-electron chi connectivity index (χ2n) is 6.45. The average molecular weight is 417 g/mol. The van der Waals surface area contributed by atoms with Gasteiger partial charge in [0.1, 0.15) is 11.6 Å². The number of aromatic nitrogens is 3. The Morgan fingerprint density at radius 2 is 2.11 bits per heavy atom. The van der Waals surface area contributed by atoms with E-state index in [1.807, 2.05) is 11.9 Å². The molecular weight excluding hydrogens is 399 g/mol. The number of piperidine rings is 1. The number of imidazole rings is 1. The van der Waals surface area contributed by atoms with E-state index in [1.54, 1.807) is 17.1 Å². The summed E-state index contributed by atoms with van der Waals surface area (Å²) < 4.78 is 61.7. The molecule has 1 fully saturated rings. The van der Waals surface area contributed by atoms with Crippen molar-refractivity contribution in [2.75, 3.05) is 22.3 Å². The first-order chi connectivity index (χ1) is 13.2. The molecule has 3 heterocycles. The number of carbonyl (C=O) groups excluding carboxylic acids is 1. The molecule has 152 valence electrons. The number of hydrogen-bond acceptors (Lipinski definition) is 5. The molecule has 12 heteroatoms. The Labute approximate surface area is 161 Å². The van der Waals surface area contributed by atoms with Crippen molar-refractivity contribution >= 4 is 28.8 Å². The van der Waals surface area contributed by atoms with Crippen molar-refractivity contribution < 1.29 is 26.7 Å². The maximum absolute atomic E-state index is 12.9. The molecule has 0 aromatic carbocycles. The molecule has 0 bridgehead atoms. The lowest BCUT2D eigenvalue weighted by atomic mass is 9.97. The monoisotopic (exact) mass is 417 g/mol. The number of nitrogens with zero attached hydrogens (tertiary/aromatic N) is 5. The van der Waals surface area contributed by atoms with E-state index in [0.717, 1.165) is 12.1 Å². The van der Waals surface area contributed by atoms with Gasteiger partial charge in [0.05, 0.1) is 17.8 Å². The molecule has 1 aliphatic heterocycles. The number of amides is 1. The molecule has 0 spiro atoms. The first-order valence-electron chi connectivity index (χ1n) is 8.38. The van der Waals surface area contributed by atoms with Crippen LogP contribution in [0, 0.1) is 5.92 Å². The fourth-order valence-electron chi connectivity index (χ4n) is 3.06. The van der Waals surface area contributed by atoms with Gasteiger partial charge in [-0.2, -0.15) is 17.5 Å². The molecule has 2 aromatic heterocycles. The van der Waals surface area contributed by atoms with Gasteiger partial charge in [-0.1, -0.05) is 0 Å². The summed E-state index contributed by atoms with van der Waals surface area (Å²) in [6.45, 7) is 0.964. The molecule has 3 rings (SSSR count). The van der Waals surface area contributed by atoms with E-state index in [9.17, 15) is 26.7 Å². The van der Waals surface area contributed by atoms with Gasteiger partial charge in [0.2, 0.25) is 5.91 Å². The van der Waals surface area contributed by atoms with Gasteiger partial charge in [-0.25, -0.2) is 14.2 Å². The van der Waals surface area contributed by atoms with Gasteiger partial charge in [-0.15, -0.1) is 0 Å². The number of carbonyl (C=O) groups is 1. The van der Waals surface area contributed by atoms with Gasteiger partial charge in [0, 0.05) is 32.5 Å². The molecule has 1 aliphatic rings. The number of rotatable bonds is 4. The minimum Gasteiger partial charge on any atom is -0.355 e. The fraction of sp³-hybridized carbons (Fsp3) is 0.438. The summed E-state index contributed by atoms with van der Waals surface area (Å²) in [5, 5.41) is 0. The zero-order chi connectivity index (χ0) is 20.5. The Hall–Kier alpha value is -2.47. The van der Waals surface area contributed by atoms with Crippen LogP contribution < -0.4 is 9.21 Å². The van der Waals surface area contributed by atoms with E-state index in [4.69, 9.17) is 0 Å². The molecule has 0 radical (unpaired) electrons. The Kier molecular flexibility index (Phi) is 5.70. The molecule has 28 heavy (non-hydrogen) atoms. The van der Waals surface area contributed by atoms with Crippen LogP contribution >= 0.6 is 0 Å². The zero-order valence-electron chi connectivity index (χ0n) is 14.8. The Bertz CT molecular complexity index is 871. The van der Waals surface area contributed by atoms with Gasteiger partial charge in [-0.05, 0) is 25.0 Å². The second-order valence-corrected chi connectivity index (χ2v) is 7.28. The van der Waals surface area contributed by atoms with Crippen molar-refractivity contribution in [2.24, 2.45) is 13.0 Å². The average Bonchev–Trinajstić information content (AvgIpc) is 3.08. The van der Waals surface area contributed by atoms with Gasteiger partial charge in [-0.3, -0.25) is 9.35 Å². The third-order valence-electron chi connectivity index (χ3n) is 4.43. The third kappa shape index (κ3) is 4.33. The largest absolute Gasteiger partial charge is 0.417 e. The Morgan fingerprint density at radius 1 is 1.36 bits per heavy atom. The number of hydrogen-bond donors (Lipinski definition) is 1. The molecule has 0 aliphatic carbocycles. The van der Waals surface area contributed by atoms with Crippen molar-refractivity contribution in [3.8, 4) is 0 Å². The molecule has 1 amide bonds. The van der Waals surface area contributed by atoms with E-state index in [1.165, 1.54) is 0 Å². The van der Waals surface area contributed by atoms with E-state index in [-0.39, 0.29) is 12.4 Å². The molecule has 2 aromatic rings. The van der Waals surface area contributed by atoms with E-state index in [2.05, 4.69) is 9.97 Å². The number of halogens is 3. The van der Waals surface area contributed by atoms with Crippen molar-refractivity contribution in [1.29, 1.82) is 0 Å². The van der Waals surface area contributed by atoms with Crippen LogP contribution in [0.15, 0.2) is 30.9 Å². The highest BCUT2D eigenvalue weighted by Gasteiger charge is 2.35. The molecule has 2 atom stereocenters. The highest BCUT2D eigenvalue weighted by atomic mass is 32.2. The van der Waals surface area contributed by atoms with Crippen LogP contribution in [0.3, 0.4) is 0 Å². The maximum atomic E-state index is 12.9. The fourth-order valence-corrected chi connectivity index (χ4v) is 3.63. The molecular formula is C16H18F3N5O3S. The van der Waals surface area contributed by atoms with Gasteiger partial charge in [0.25, 0.3) is 11.3 Å². The quantitative estimate of drug-likeness (QED) is 0.767. The lowest BCUT2D eigenvalue weighted by Crippen LogP contribution is -2.46. The van der Waals surface area contributed by atoms with Crippen LogP contribution in [-0.4, -0.2) is 42.3 Å². The normalized spacial score (nSPS) is 18.8. The van der Waals surface area contributed by atoms with Crippen LogP contribution in [-0.2, 0) is 29.3 Å². The summed E-state index contributed by atoms with van der Waals surface area (Å²) in [6.07, 6.45) is 0.513. The highest BCUT2D eigenvalue weighted by Crippen LogP contribution is 2.30. The Morgan fingerprint density at radius 3 is 2.64 bits per heavy atom. The predicted molar refractivity (Wildman–Crippen MR) is 95.6 cm³/mol. The van der Waals surface area contributed by atoms with Crippen LogP contribution in [0.1, 0.15) is 18.4 Å². The molecule has 8 nitrogen and oxygen atoms in total. The zero-order valence-corrected chi connectivity index (χ0v) is 15.7. The first-order valence-corrected chi connectivity index (χ1v) is 9.44. The van der Waals surface area contributed by atoms with Gasteiger partial charge < -0.3 is 9.47 Å². The minimum atomic E-state index is -4.59. The number of alkyl halides is 3. The van der Waals surface area contributed by atoms with E-state index >= 15 is 0 Å². The summed E-state index contributed by atoms with van der Waals surface area (Å²) in [7, 11) is 1.82. The van der Waals surface area contributed by atoms with Crippen molar-refractivity contribution in [3.05, 3.63) is 36.4 Å². The van der Waals surface area contributed by atoms with Gasteiger partial charge >= 0.3 is 6.18 Å². The number of anilines is 2. The summed E-state index contributed by atoms with van der Waals surface area (Å²) in [5.74, 6) is -0.914. The van der Waals surface area contributed by atoms with Gasteiger partial charge in [0.15, 0.2) is 0 Å². The smallest absolute Gasteiger partial charge is 0.355 e. The van der Waals surface area contributed by atoms with E-state index < -0.39 is 34.8 Å². The lowest BCUT2D eigenvalue weighted by Gasteiger charge is -2.33. The standard InChI is InChI=1S/C16H18F3N5O3S/c1-22-9-14(21-10-22)23-6-2-3-11(8-23)15(25)24(28(26)27)13-5-4-12(7-20-13)16(17,18)19/h4-5,7,9-11H,2-3,6,8H2,1H3,(H,26,27)/t11-/m1/s1. The molecule has 1 N–H and O–H groups in total. The molecule has 0 saturated carbocycles. The van der Waals surface area contributed by atoms with Crippen molar-refractivity contribution in [3.63, 3.8) is 0 Å². The van der Waals surface area contributed by atoms with Crippen LogP contribution in [0.4, 0.5) is 24.8 Å². The number of pyridine rings is 1. The topological polar surface area (TPSA) is 91.6 Å². The lowest BCUT2D eigenvalue weighted by molar-refractivity contribution is -0.137. The highest BCUT2D eigenvalue weighted by molar-refractivity contribution is 7.81. The van der Waals surface area contributed by atoms with Crippen molar-refractivity contribution in [2.45, 2.75) is 19.0 Å². The maximum Gasteiger partial charge on any atom is 0.417 e. The summed E-state index contributed by atoms with van der Waals surface area (Å²) in [6, 6.07) is 1.63. The predicted octanol–water partition coefficient (Wildman–Crippen LogP) is 2.22. The SMILES string of the molecule is Cn1cnc(N2CCC[C@@H](C(=O)N(c3ccc(C(F)(F)F)cn3)S(=O)O)C2)c1. The summed E-state index contributed by atoms with van der Waals surface area (Å²) >= 11 is -2.76. The molecule has 1 unspecified atom stereocenters. The Balaban J connectivity index is 1.80. The number of aryl methyl sites for hydroxylation is 1. The summed E-state index contributed by atoms with van der Waals surface area (Å²) in [5.41, 5.74) is -1.01. The first kappa shape index (κ1) is 20.3.